The van der Waals surface area contributed by atoms with Crippen LogP contribution in [0.2, 0.25) is 0 Å². The van der Waals surface area contributed by atoms with Gasteiger partial charge in [-0.1, -0.05) is 27.7 Å². The van der Waals surface area contributed by atoms with Crippen LogP contribution in [0.25, 0.3) is 0 Å². The van der Waals surface area contributed by atoms with Gasteiger partial charge in [0.25, 0.3) is 0 Å². The zero-order valence-electron chi connectivity index (χ0n) is 17.5. The van der Waals surface area contributed by atoms with Crippen LogP contribution in [0.4, 0.5) is 0 Å². The molecule has 2 aliphatic heterocycles. The fourth-order valence-corrected chi connectivity index (χ4v) is 4.20. The second-order valence-corrected chi connectivity index (χ2v) is 8.97. The highest BCUT2D eigenvalue weighted by Gasteiger charge is 2.48. The van der Waals surface area contributed by atoms with E-state index in [4.69, 9.17) is 5.73 Å². The summed E-state index contributed by atoms with van der Waals surface area (Å²) < 4.78 is 0. The smallest absolute Gasteiger partial charge is 0.245 e. The number of nitrogens with two attached hydrogens (primary N) is 1. The quantitative estimate of drug-likeness (QED) is 0.682. The number of carbonyl (C=O) groups excluding carboxylic acids is 3. The molecule has 7 heteroatoms. The van der Waals surface area contributed by atoms with E-state index in [0.29, 0.717) is 31.3 Å². The van der Waals surface area contributed by atoms with Gasteiger partial charge in [-0.05, 0) is 38.1 Å². The van der Waals surface area contributed by atoms with Gasteiger partial charge in [-0.3, -0.25) is 19.3 Å². The molecule has 2 heterocycles. The molecule has 3 atom stereocenters. The Balaban J connectivity index is 2.25. The standard InChI is InChI=1S/C20H36N4O3/c1-13(2)8-9-23-12-15-11-22(5)17(10-14(3)4)20(27)24(15)16(19(23)26)6-7-18(21)25/h13-17H,6-12H2,1-5H3,(H2,21,25)/t15-,16-,17-/m0/s1. The van der Waals surface area contributed by atoms with Crippen molar-refractivity contribution in [3.05, 3.63) is 0 Å². The molecule has 0 unspecified atom stereocenters. The first-order valence-corrected chi connectivity index (χ1v) is 10.2. The SMILES string of the molecule is CC(C)CCN1C[C@@H]2CN(C)[C@@H](CC(C)C)C(=O)N2[C@@H](CCC(N)=O)C1=O. The Morgan fingerprint density at radius 1 is 1.07 bits per heavy atom. The Kier molecular flexibility index (Phi) is 7.25. The normalized spacial score (nSPS) is 26.9. The number of primary amides is 1. The van der Waals surface area contributed by atoms with Crippen LogP contribution in [0.15, 0.2) is 0 Å². The van der Waals surface area contributed by atoms with Gasteiger partial charge in [-0.2, -0.15) is 0 Å². The lowest BCUT2D eigenvalue weighted by Crippen LogP contribution is -2.71. The van der Waals surface area contributed by atoms with E-state index in [2.05, 4.69) is 32.6 Å². The van der Waals surface area contributed by atoms with E-state index in [-0.39, 0.29) is 30.3 Å². The van der Waals surface area contributed by atoms with Crippen molar-refractivity contribution < 1.29 is 14.4 Å². The molecule has 27 heavy (non-hydrogen) atoms. The minimum Gasteiger partial charge on any atom is -0.370 e. The van der Waals surface area contributed by atoms with Crippen LogP contribution in [0.1, 0.15) is 53.4 Å². The lowest BCUT2D eigenvalue weighted by molar-refractivity contribution is -0.166. The Morgan fingerprint density at radius 3 is 2.30 bits per heavy atom. The molecule has 0 radical (unpaired) electrons. The van der Waals surface area contributed by atoms with Gasteiger partial charge in [-0.15, -0.1) is 0 Å². The third-order valence-electron chi connectivity index (χ3n) is 5.66. The fourth-order valence-electron chi connectivity index (χ4n) is 4.20. The maximum absolute atomic E-state index is 13.3. The Morgan fingerprint density at radius 2 is 1.74 bits per heavy atom. The van der Waals surface area contributed by atoms with Crippen molar-refractivity contribution in [2.24, 2.45) is 17.6 Å². The minimum absolute atomic E-state index is 0.0198. The third-order valence-corrected chi connectivity index (χ3v) is 5.66. The summed E-state index contributed by atoms with van der Waals surface area (Å²) in [6.07, 6.45) is 2.13. The average molecular weight is 381 g/mol. The first kappa shape index (κ1) is 21.7. The molecule has 0 aromatic carbocycles. The summed E-state index contributed by atoms with van der Waals surface area (Å²) in [5, 5.41) is 0. The summed E-state index contributed by atoms with van der Waals surface area (Å²) in [6.45, 7) is 10.5. The maximum atomic E-state index is 13.3. The number of carbonyl (C=O) groups is 3. The van der Waals surface area contributed by atoms with Crippen LogP contribution in [0, 0.1) is 11.8 Å². The second kappa shape index (κ2) is 9.04. The number of likely N-dealkylation sites (N-methyl/N-ethyl adjacent to an activating group) is 1. The van der Waals surface area contributed by atoms with Crippen molar-refractivity contribution in [3.8, 4) is 0 Å². The minimum atomic E-state index is -0.570. The average Bonchev–Trinajstić information content (AvgIpc) is 2.56. The van der Waals surface area contributed by atoms with E-state index in [0.717, 1.165) is 19.4 Å². The lowest BCUT2D eigenvalue weighted by Gasteiger charge is -2.52. The van der Waals surface area contributed by atoms with Crippen LogP contribution in [0.3, 0.4) is 0 Å². The van der Waals surface area contributed by atoms with Gasteiger partial charge < -0.3 is 15.5 Å². The first-order valence-electron chi connectivity index (χ1n) is 10.2. The fraction of sp³-hybridized carbons (Fsp3) is 0.850. The number of hydrogen-bond acceptors (Lipinski definition) is 4. The number of hydrogen-bond donors (Lipinski definition) is 1. The molecule has 0 bridgehead atoms. The Hall–Kier alpha value is -1.63. The molecule has 2 fully saturated rings. The molecule has 0 saturated carbocycles. The van der Waals surface area contributed by atoms with Crippen molar-refractivity contribution in [1.29, 1.82) is 0 Å². The summed E-state index contributed by atoms with van der Waals surface area (Å²) in [5.41, 5.74) is 5.33. The van der Waals surface area contributed by atoms with E-state index >= 15 is 0 Å². The number of fused-ring (bicyclic) bond motifs is 1. The Labute approximate surface area is 163 Å². The molecule has 154 valence electrons. The van der Waals surface area contributed by atoms with E-state index < -0.39 is 11.9 Å². The maximum Gasteiger partial charge on any atom is 0.245 e. The largest absolute Gasteiger partial charge is 0.370 e. The van der Waals surface area contributed by atoms with Crippen LogP contribution < -0.4 is 5.73 Å². The molecule has 3 amide bonds. The van der Waals surface area contributed by atoms with Gasteiger partial charge in [0.05, 0.1) is 12.1 Å². The number of amides is 3. The molecule has 0 aromatic heterocycles. The summed E-state index contributed by atoms with van der Waals surface area (Å²) in [7, 11) is 2.00. The predicted molar refractivity (Wildman–Crippen MR) is 105 cm³/mol. The number of nitrogens with zero attached hydrogens (tertiary/aromatic N) is 3. The highest BCUT2D eigenvalue weighted by atomic mass is 16.2. The molecular weight excluding hydrogens is 344 g/mol. The van der Waals surface area contributed by atoms with Gasteiger partial charge in [-0.25, -0.2) is 0 Å². The molecule has 0 spiro atoms. The van der Waals surface area contributed by atoms with E-state index in [1.807, 2.05) is 11.9 Å². The summed E-state index contributed by atoms with van der Waals surface area (Å²) >= 11 is 0. The van der Waals surface area contributed by atoms with Crippen LogP contribution >= 0.6 is 0 Å². The molecule has 2 aliphatic rings. The van der Waals surface area contributed by atoms with Gasteiger partial charge in [0.2, 0.25) is 17.7 Å². The van der Waals surface area contributed by atoms with Gasteiger partial charge in [0.1, 0.15) is 6.04 Å². The van der Waals surface area contributed by atoms with Crippen LogP contribution in [-0.4, -0.2) is 77.2 Å². The third kappa shape index (κ3) is 5.21. The monoisotopic (exact) mass is 380 g/mol. The van der Waals surface area contributed by atoms with Gasteiger partial charge >= 0.3 is 0 Å². The van der Waals surface area contributed by atoms with Crippen molar-refractivity contribution in [1.82, 2.24) is 14.7 Å². The first-order chi connectivity index (χ1) is 12.6. The molecule has 0 aromatic rings. The number of piperazine rings is 2. The van der Waals surface area contributed by atoms with E-state index in [9.17, 15) is 14.4 Å². The van der Waals surface area contributed by atoms with E-state index in [1.54, 1.807) is 4.90 Å². The Bertz CT molecular complexity index is 563. The molecule has 2 saturated heterocycles. The molecule has 0 aliphatic carbocycles. The second-order valence-electron chi connectivity index (χ2n) is 8.97. The van der Waals surface area contributed by atoms with Gasteiger partial charge in [0.15, 0.2) is 0 Å². The molecular formula is C20H36N4O3. The zero-order valence-corrected chi connectivity index (χ0v) is 17.5. The summed E-state index contributed by atoms with van der Waals surface area (Å²) in [4.78, 5) is 43.5. The van der Waals surface area contributed by atoms with Crippen molar-refractivity contribution in [3.63, 3.8) is 0 Å². The highest BCUT2D eigenvalue weighted by Crippen LogP contribution is 2.29. The topological polar surface area (TPSA) is 86.9 Å². The van der Waals surface area contributed by atoms with Crippen LogP contribution in [0.5, 0.6) is 0 Å². The molecule has 7 nitrogen and oxygen atoms in total. The molecule has 2 N–H and O–H groups in total. The van der Waals surface area contributed by atoms with Crippen molar-refractivity contribution >= 4 is 17.7 Å². The van der Waals surface area contributed by atoms with Crippen molar-refractivity contribution in [2.75, 3.05) is 26.7 Å². The number of rotatable bonds is 8. The predicted octanol–water partition coefficient (Wildman–Crippen LogP) is 1.07. The summed E-state index contributed by atoms with van der Waals surface area (Å²) in [5.74, 6) is 0.457. The molecule has 2 rings (SSSR count). The van der Waals surface area contributed by atoms with Crippen LogP contribution in [-0.2, 0) is 14.4 Å². The van der Waals surface area contributed by atoms with Gasteiger partial charge in [0, 0.05) is 26.1 Å². The van der Waals surface area contributed by atoms with Crippen molar-refractivity contribution in [2.45, 2.75) is 71.5 Å². The zero-order chi connectivity index (χ0) is 20.3. The van der Waals surface area contributed by atoms with E-state index in [1.165, 1.54) is 0 Å². The lowest BCUT2D eigenvalue weighted by atomic mass is 9.92. The summed E-state index contributed by atoms with van der Waals surface area (Å²) in [6, 6.07) is -0.791. The highest BCUT2D eigenvalue weighted by molar-refractivity contribution is 5.92.